The van der Waals surface area contributed by atoms with Gasteiger partial charge in [0.1, 0.15) is 11.4 Å². The zero-order valence-corrected chi connectivity index (χ0v) is 12.6. The summed E-state index contributed by atoms with van der Waals surface area (Å²) in [5.41, 5.74) is 5.86. The van der Waals surface area contributed by atoms with E-state index in [9.17, 15) is 5.11 Å². The molecule has 0 aliphatic heterocycles. The Kier molecular flexibility index (Phi) is 5.34. The van der Waals surface area contributed by atoms with Crippen LogP contribution in [0, 0.1) is 0 Å². The van der Waals surface area contributed by atoms with Gasteiger partial charge < -0.3 is 10.8 Å². The molecule has 108 valence electrons. The van der Waals surface area contributed by atoms with Gasteiger partial charge in [-0.15, -0.1) is 11.8 Å². The lowest BCUT2D eigenvalue weighted by Gasteiger charge is -2.24. The van der Waals surface area contributed by atoms with Crippen LogP contribution in [0.3, 0.4) is 0 Å². The van der Waals surface area contributed by atoms with Crippen molar-refractivity contribution in [2.45, 2.75) is 36.8 Å². The molecule has 20 heavy (non-hydrogen) atoms. The molecule has 0 amide bonds. The fourth-order valence-electron chi connectivity index (χ4n) is 2.09. The maximum atomic E-state index is 10.1. The molecule has 0 saturated heterocycles. The van der Waals surface area contributed by atoms with E-state index < -0.39 is 5.60 Å². The van der Waals surface area contributed by atoms with Crippen LogP contribution in [0.25, 0.3) is 10.9 Å². The van der Waals surface area contributed by atoms with Crippen molar-refractivity contribution in [1.82, 2.24) is 9.97 Å². The minimum absolute atomic E-state index is 0.324. The minimum atomic E-state index is -0.714. The van der Waals surface area contributed by atoms with Crippen molar-refractivity contribution in [2.24, 2.45) is 5.73 Å². The number of hydrogen-bond acceptors (Lipinski definition) is 5. The zero-order chi connectivity index (χ0) is 14.4. The number of fused-ring (bicyclic) bond motifs is 1. The molecule has 3 N–H and O–H groups in total. The topological polar surface area (TPSA) is 72.0 Å². The number of aromatic nitrogens is 2. The number of nitrogens with zero attached hydrogens (tertiary/aromatic N) is 2. The fourth-order valence-corrected chi connectivity index (χ4v) is 3.02. The quantitative estimate of drug-likeness (QED) is 0.466. The molecule has 1 aromatic carbocycles. The number of rotatable bonds is 7. The van der Waals surface area contributed by atoms with Crippen LogP contribution in [0.4, 0.5) is 0 Å². The van der Waals surface area contributed by atoms with Crippen LogP contribution in [0.5, 0.6) is 0 Å². The third kappa shape index (κ3) is 3.69. The van der Waals surface area contributed by atoms with Crippen LogP contribution in [0.1, 0.15) is 26.2 Å². The molecule has 1 atom stereocenters. The minimum Gasteiger partial charge on any atom is -0.389 e. The highest BCUT2D eigenvalue weighted by Crippen LogP contribution is 2.26. The van der Waals surface area contributed by atoms with Gasteiger partial charge in [-0.1, -0.05) is 25.1 Å². The molecule has 1 aromatic heterocycles. The number of aliphatic hydroxyl groups is 1. The Hall–Kier alpha value is -1.17. The van der Waals surface area contributed by atoms with E-state index in [0.717, 1.165) is 34.5 Å². The first kappa shape index (κ1) is 15.2. The Morgan fingerprint density at radius 3 is 2.85 bits per heavy atom. The lowest BCUT2D eigenvalue weighted by Crippen LogP contribution is -2.36. The predicted molar refractivity (Wildman–Crippen MR) is 83.8 cm³/mol. The monoisotopic (exact) mass is 291 g/mol. The van der Waals surface area contributed by atoms with E-state index in [0.29, 0.717) is 13.0 Å². The second-order valence-corrected chi connectivity index (χ2v) is 6.01. The van der Waals surface area contributed by atoms with Crippen molar-refractivity contribution in [2.75, 3.05) is 12.3 Å². The molecule has 1 heterocycles. The van der Waals surface area contributed by atoms with Crippen LogP contribution in [0.2, 0.25) is 0 Å². The standard InChI is InChI=1S/C15H21N3OS/c1-2-15(19,10-16)8-5-9-20-14-12-6-3-4-7-13(12)17-11-18-14/h3-4,6-7,11,19H,2,5,8-10,16H2,1H3. The highest BCUT2D eigenvalue weighted by atomic mass is 32.2. The van der Waals surface area contributed by atoms with Crippen LogP contribution in [-0.2, 0) is 0 Å². The third-order valence-electron chi connectivity index (χ3n) is 3.57. The van der Waals surface area contributed by atoms with Crippen molar-refractivity contribution >= 4 is 22.7 Å². The Bertz CT molecular complexity index is 552. The fraction of sp³-hybridized carbons (Fsp3) is 0.467. The molecule has 4 nitrogen and oxygen atoms in total. The molecule has 0 bridgehead atoms. The molecular weight excluding hydrogens is 270 g/mol. The summed E-state index contributed by atoms with van der Waals surface area (Å²) in [5, 5.41) is 12.2. The maximum Gasteiger partial charge on any atom is 0.117 e. The molecule has 0 saturated carbocycles. The second kappa shape index (κ2) is 7.02. The highest BCUT2D eigenvalue weighted by Gasteiger charge is 2.21. The van der Waals surface area contributed by atoms with E-state index in [2.05, 4.69) is 9.97 Å². The van der Waals surface area contributed by atoms with Gasteiger partial charge in [0.2, 0.25) is 0 Å². The third-order valence-corrected chi connectivity index (χ3v) is 4.66. The van der Waals surface area contributed by atoms with Gasteiger partial charge in [0.15, 0.2) is 0 Å². The van der Waals surface area contributed by atoms with E-state index in [1.165, 1.54) is 0 Å². The van der Waals surface area contributed by atoms with Crippen LogP contribution < -0.4 is 5.73 Å². The second-order valence-electron chi connectivity index (χ2n) is 4.93. The maximum absolute atomic E-state index is 10.1. The summed E-state index contributed by atoms with van der Waals surface area (Å²) in [6.45, 7) is 2.29. The van der Waals surface area contributed by atoms with Gasteiger partial charge in [0, 0.05) is 11.9 Å². The lowest BCUT2D eigenvalue weighted by atomic mass is 9.95. The van der Waals surface area contributed by atoms with Gasteiger partial charge in [-0.2, -0.15) is 0 Å². The highest BCUT2D eigenvalue weighted by molar-refractivity contribution is 7.99. The first-order chi connectivity index (χ1) is 9.68. The summed E-state index contributed by atoms with van der Waals surface area (Å²) in [7, 11) is 0. The average Bonchev–Trinajstić information content (AvgIpc) is 2.51. The smallest absolute Gasteiger partial charge is 0.117 e. The van der Waals surface area contributed by atoms with Gasteiger partial charge in [-0.25, -0.2) is 9.97 Å². The molecule has 0 aliphatic rings. The first-order valence-corrected chi connectivity index (χ1v) is 7.92. The number of para-hydroxylation sites is 1. The van der Waals surface area contributed by atoms with Crippen LogP contribution in [0.15, 0.2) is 35.6 Å². The predicted octanol–water partition coefficient (Wildman–Crippen LogP) is 2.60. The van der Waals surface area contributed by atoms with Gasteiger partial charge >= 0.3 is 0 Å². The van der Waals surface area contributed by atoms with Gasteiger partial charge in [0.25, 0.3) is 0 Å². The van der Waals surface area contributed by atoms with Gasteiger partial charge in [-0.05, 0) is 31.1 Å². The van der Waals surface area contributed by atoms with Gasteiger partial charge in [-0.3, -0.25) is 0 Å². The summed E-state index contributed by atoms with van der Waals surface area (Å²) in [5.74, 6) is 0.920. The summed E-state index contributed by atoms with van der Waals surface area (Å²) in [4.78, 5) is 8.60. The molecular formula is C15H21N3OS. The number of benzene rings is 1. The number of thioether (sulfide) groups is 1. The van der Waals surface area contributed by atoms with Gasteiger partial charge in [0.05, 0.1) is 11.1 Å². The Morgan fingerprint density at radius 2 is 2.10 bits per heavy atom. The van der Waals surface area contributed by atoms with E-state index in [1.54, 1.807) is 18.1 Å². The Labute approximate surface area is 123 Å². The summed E-state index contributed by atoms with van der Waals surface area (Å²) in [6, 6.07) is 8.01. The summed E-state index contributed by atoms with van der Waals surface area (Å²) >= 11 is 1.71. The first-order valence-electron chi connectivity index (χ1n) is 6.93. The summed E-state index contributed by atoms with van der Waals surface area (Å²) in [6.07, 6.45) is 3.96. The molecule has 0 fully saturated rings. The zero-order valence-electron chi connectivity index (χ0n) is 11.7. The van der Waals surface area contributed by atoms with Crippen molar-refractivity contribution in [1.29, 1.82) is 0 Å². The average molecular weight is 291 g/mol. The van der Waals surface area contributed by atoms with Crippen LogP contribution >= 0.6 is 11.8 Å². The molecule has 0 radical (unpaired) electrons. The van der Waals surface area contributed by atoms with E-state index in [-0.39, 0.29) is 0 Å². The SMILES string of the molecule is CCC(O)(CN)CCCSc1ncnc2ccccc12. The van der Waals surface area contributed by atoms with E-state index in [4.69, 9.17) is 5.73 Å². The molecule has 5 heteroatoms. The molecule has 2 rings (SSSR count). The van der Waals surface area contributed by atoms with Crippen molar-refractivity contribution < 1.29 is 5.11 Å². The van der Waals surface area contributed by atoms with E-state index >= 15 is 0 Å². The van der Waals surface area contributed by atoms with Crippen molar-refractivity contribution in [3.8, 4) is 0 Å². The van der Waals surface area contributed by atoms with Crippen molar-refractivity contribution in [3.63, 3.8) is 0 Å². The number of nitrogens with two attached hydrogens (primary N) is 1. The molecule has 1 unspecified atom stereocenters. The molecule has 0 spiro atoms. The van der Waals surface area contributed by atoms with E-state index in [1.807, 2.05) is 31.2 Å². The molecule has 2 aromatic rings. The van der Waals surface area contributed by atoms with Crippen molar-refractivity contribution in [3.05, 3.63) is 30.6 Å². The summed E-state index contributed by atoms with van der Waals surface area (Å²) < 4.78 is 0. The molecule has 0 aliphatic carbocycles. The lowest BCUT2D eigenvalue weighted by molar-refractivity contribution is 0.0360. The Morgan fingerprint density at radius 1 is 1.30 bits per heavy atom. The Balaban J connectivity index is 1.94. The van der Waals surface area contributed by atoms with Crippen LogP contribution in [-0.4, -0.2) is 33.0 Å². The largest absolute Gasteiger partial charge is 0.389 e. The number of hydrogen-bond donors (Lipinski definition) is 2. The normalized spacial score (nSPS) is 14.3.